The van der Waals surface area contributed by atoms with Crippen molar-refractivity contribution >= 4 is 5.91 Å². The van der Waals surface area contributed by atoms with Gasteiger partial charge in [0.15, 0.2) is 0 Å². The van der Waals surface area contributed by atoms with Gasteiger partial charge in [0, 0.05) is 6.42 Å². The first-order valence-corrected chi connectivity index (χ1v) is 20.8. The Bertz CT molecular complexity index is 749. The quantitative estimate of drug-likeness (QED) is 0.0390. The minimum Gasteiger partial charge on any atom is -0.394 e. The van der Waals surface area contributed by atoms with Gasteiger partial charge < -0.3 is 20.6 Å². The monoisotopic (exact) mass is 676 g/mol. The average molecular weight is 676 g/mol. The summed E-state index contributed by atoms with van der Waals surface area (Å²) in [5, 5.41) is 33.3. The van der Waals surface area contributed by atoms with E-state index in [4.69, 9.17) is 0 Å². The molecule has 5 heteroatoms. The molecule has 0 aromatic heterocycles. The SMILES string of the molecule is CCC/C=C/CC/C=C/CCCC(O)C(O)C(CO)NC(=O)CCCCCCCCCC/C=C\CCCCCCCCCCCCCC. The first kappa shape index (κ1) is 46.6. The second kappa shape index (κ2) is 38.4. The standard InChI is InChI=1S/C43H81NO4/c1-3-5-7-9-11-13-15-16-17-18-19-20-21-22-23-24-25-26-27-28-30-32-34-36-38-42(47)44-40(39-45)43(48)41(46)37-35-33-31-29-14-12-10-8-6-4-2/h8,10,22-23,29,31,40-41,43,45-46,48H,3-7,9,11-21,24-28,30,32-39H2,1-2H3,(H,44,47)/b10-8+,23-22-,31-29+. The number of allylic oxidation sites excluding steroid dienone is 6. The summed E-state index contributed by atoms with van der Waals surface area (Å²) >= 11 is 0. The second-order valence-electron chi connectivity index (χ2n) is 14.2. The molecular formula is C43H81NO4. The number of hydrogen-bond donors (Lipinski definition) is 4. The van der Waals surface area contributed by atoms with Gasteiger partial charge in [0.05, 0.1) is 18.8 Å². The van der Waals surface area contributed by atoms with Crippen molar-refractivity contribution in [2.24, 2.45) is 0 Å². The summed E-state index contributed by atoms with van der Waals surface area (Å²) < 4.78 is 0. The van der Waals surface area contributed by atoms with Crippen LogP contribution in [0.3, 0.4) is 0 Å². The van der Waals surface area contributed by atoms with E-state index < -0.39 is 18.2 Å². The summed E-state index contributed by atoms with van der Waals surface area (Å²) in [5.41, 5.74) is 0. The third kappa shape index (κ3) is 33.1. The van der Waals surface area contributed by atoms with Gasteiger partial charge in [-0.2, -0.15) is 0 Å². The number of hydrogen-bond acceptors (Lipinski definition) is 4. The zero-order chi connectivity index (χ0) is 35.2. The fourth-order valence-electron chi connectivity index (χ4n) is 6.18. The maximum atomic E-state index is 12.4. The van der Waals surface area contributed by atoms with Gasteiger partial charge in [-0.25, -0.2) is 0 Å². The van der Waals surface area contributed by atoms with E-state index in [-0.39, 0.29) is 12.5 Å². The van der Waals surface area contributed by atoms with Crippen LogP contribution in [-0.4, -0.2) is 46.1 Å². The maximum Gasteiger partial charge on any atom is 0.220 e. The van der Waals surface area contributed by atoms with Gasteiger partial charge in [-0.15, -0.1) is 0 Å². The van der Waals surface area contributed by atoms with Gasteiger partial charge in [0.2, 0.25) is 5.91 Å². The number of carbonyl (C=O) groups is 1. The number of carbonyl (C=O) groups excluding carboxylic acids is 1. The van der Waals surface area contributed by atoms with E-state index in [2.05, 4.69) is 55.6 Å². The van der Waals surface area contributed by atoms with Gasteiger partial charge in [0.1, 0.15) is 6.10 Å². The average Bonchev–Trinajstić information content (AvgIpc) is 3.09. The Morgan fingerprint density at radius 1 is 0.500 bits per heavy atom. The number of amides is 1. The second-order valence-corrected chi connectivity index (χ2v) is 14.2. The third-order valence-electron chi connectivity index (χ3n) is 9.42. The Hall–Kier alpha value is -1.43. The number of aliphatic hydroxyl groups excluding tert-OH is 3. The minimum absolute atomic E-state index is 0.164. The zero-order valence-corrected chi connectivity index (χ0v) is 31.9. The maximum absolute atomic E-state index is 12.4. The van der Waals surface area contributed by atoms with Crippen molar-refractivity contribution < 1.29 is 20.1 Å². The third-order valence-corrected chi connectivity index (χ3v) is 9.42. The highest BCUT2D eigenvalue weighted by Crippen LogP contribution is 2.15. The molecule has 0 bridgehead atoms. The van der Waals surface area contributed by atoms with Crippen molar-refractivity contribution in [1.29, 1.82) is 0 Å². The van der Waals surface area contributed by atoms with Crippen LogP contribution < -0.4 is 5.32 Å². The van der Waals surface area contributed by atoms with Crippen molar-refractivity contribution in [2.45, 2.75) is 225 Å². The molecule has 48 heavy (non-hydrogen) atoms. The van der Waals surface area contributed by atoms with Gasteiger partial charge >= 0.3 is 0 Å². The summed E-state index contributed by atoms with van der Waals surface area (Å²) in [6.45, 7) is 4.08. The molecule has 0 saturated carbocycles. The van der Waals surface area contributed by atoms with Gasteiger partial charge in [0.25, 0.3) is 0 Å². The van der Waals surface area contributed by atoms with Crippen LogP contribution in [0.4, 0.5) is 0 Å². The molecule has 0 heterocycles. The summed E-state index contributed by atoms with van der Waals surface area (Å²) in [4.78, 5) is 12.4. The Kier molecular flexibility index (Phi) is 37.2. The lowest BCUT2D eigenvalue weighted by Gasteiger charge is -2.26. The summed E-state index contributed by atoms with van der Waals surface area (Å²) in [7, 11) is 0. The lowest BCUT2D eigenvalue weighted by Crippen LogP contribution is -2.50. The first-order valence-electron chi connectivity index (χ1n) is 20.8. The molecule has 1 amide bonds. The molecule has 0 rings (SSSR count). The predicted molar refractivity (Wildman–Crippen MR) is 208 cm³/mol. The van der Waals surface area contributed by atoms with Crippen LogP contribution >= 0.6 is 0 Å². The van der Waals surface area contributed by atoms with Crippen molar-refractivity contribution in [1.82, 2.24) is 5.32 Å². The molecule has 0 aliphatic rings. The summed E-state index contributed by atoms with van der Waals surface area (Å²) in [6, 6.07) is -0.831. The van der Waals surface area contributed by atoms with E-state index in [1.165, 1.54) is 128 Å². The molecule has 282 valence electrons. The van der Waals surface area contributed by atoms with Crippen LogP contribution in [-0.2, 0) is 4.79 Å². The normalized spacial score (nSPS) is 14.0. The molecule has 4 N–H and O–H groups in total. The number of rotatable bonds is 37. The molecule has 0 aliphatic heterocycles. The van der Waals surface area contributed by atoms with Crippen LogP contribution in [0.15, 0.2) is 36.5 Å². The van der Waals surface area contributed by atoms with Crippen LogP contribution in [0.2, 0.25) is 0 Å². The van der Waals surface area contributed by atoms with E-state index >= 15 is 0 Å². The van der Waals surface area contributed by atoms with Crippen LogP contribution in [0, 0.1) is 0 Å². The molecule has 0 fully saturated rings. The number of unbranched alkanes of at least 4 members (excludes halogenated alkanes) is 23. The smallest absolute Gasteiger partial charge is 0.220 e. The molecule has 5 nitrogen and oxygen atoms in total. The molecule has 0 spiro atoms. The molecule has 0 aromatic rings. The number of aliphatic hydroxyl groups is 3. The first-order chi connectivity index (χ1) is 23.6. The van der Waals surface area contributed by atoms with E-state index in [0.717, 1.165) is 51.4 Å². The van der Waals surface area contributed by atoms with E-state index in [0.29, 0.717) is 12.8 Å². The van der Waals surface area contributed by atoms with Gasteiger partial charge in [-0.1, -0.05) is 166 Å². The molecule has 0 saturated heterocycles. The highest BCUT2D eigenvalue weighted by Gasteiger charge is 2.26. The highest BCUT2D eigenvalue weighted by molar-refractivity contribution is 5.76. The molecule has 3 atom stereocenters. The molecule has 0 aromatic carbocycles. The van der Waals surface area contributed by atoms with E-state index in [9.17, 15) is 20.1 Å². The Morgan fingerprint density at radius 3 is 1.35 bits per heavy atom. The predicted octanol–water partition coefficient (Wildman–Crippen LogP) is 11.6. The molecule has 0 radical (unpaired) electrons. The highest BCUT2D eigenvalue weighted by atomic mass is 16.3. The fraction of sp³-hybridized carbons (Fsp3) is 0.837. The van der Waals surface area contributed by atoms with Gasteiger partial charge in [-0.3, -0.25) is 4.79 Å². The fourth-order valence-corrected chi connectivity index (χ4v) is 6.18. The van der Waals surface area contributed by atoms with Crippen LogP contribution in [0.25, 0.3) is 0 Å². The lowest BCUT2D eigenvalue weighted by molar-refractivity contribution is -0.124. The molecule has 3 unspecified atom stereocenters. The summed E-state index contributed by atoms with van der Waals surface area (Å²) in [6.07, 6.45) is 46.9. The molecular weight excluding hydrogens is 594 g/mol. The van der Waals surface area contributed by atoms with Crippen molar-refractivity contribution in [3.05, 3.63) is 36.5 Å². The van der Waals surface area contributed by atoms with Crippen molar-refractivity contribution in [2.75, 3.05) is 6.61 Å². The minimum atomic E-state index is -1.17. The Balaban J connectivity index is 3.61. The van der Waals surface area contributed by atoms with Crippen LogP contribution in [0.5, 0.6) is 0 Å². The Labute approximate surface area is 298 Å². The van der Waals surface area contributed by atoms with Crippen molar-refractivity contribution in [3.8, 4) is 0 Å². The molecule has 0 aliphatic carbocycles. The van der Waals surface area contributed by atoms with E-state index in [1.54, 1.807) is 0 Å². The zero-order valence-electron chi connectivity index (χ0n) is 31.9. The van der Waals surface area contributed by atoms with Crippen molar-refractivity contribution in [3.63, 3.8) is 0 Å². The topological polar surface area (TPSA) is 89.8 Å². The Morgan fingerprint density at radius 2 is 0.896 bits per heavy atom. The number of nitrogens with one attached hydrogen (secondary N) is 1. The lowest BCUT2D eigenvalue weighted by atomic mass is 10.0. The van der Waals surface area contributed by atoms with Gasteiger partial charge in [-0.05, 0) is 70.6 Å². The largest absolute Gasteiger partial charge is 0.394 e. The van der Waals surface area contributed by atoms with Crippen LogP contribution in [0.1, 0.15) is 206 Å². The summed E-state index contributed by atoms with van der Waals surface area (Å²) in [5.74, 6) is -0.164. The van der Waals surface area contributed by atoms with E-state index in [1.807, 2.05) is 0 Å².